The zero-order chi connectivity index (χ0) is 15.9. The fourth-order valence-electron chi connectivity index (χ4n) is 2.57. The van der Waals surface area contributed by atoms with E-state index in [0.717, 1.165) is 18.7 Å². The molecule has 4 nitrogen and oxygen atoms in total. The Morgan fingerprint density at radius 1 is 1.00 bits per heavy atom. The van der Waals surface area contributed by atoms with E-state index in [4.69, 9.17) is 0 Å². The molecule has 23 heavy (non-hydrogen) atoms. The third kappa shape index (κ3) is 4.44. The van der Waals surface area contributed by atoms with Crippen LogP contribution in [0.2, 0.25) is 0 Å². The molecule has 0 saturated carbocycles. The zero-order valence-electron chi connectivity index (χ0n) is 13.0. The Morgan fingerprint density at radius 3 is 2.52 bits per heavy atom. The van der Waals surface area contributed by atoms with E-state index in [0.29, 0.717) is 18.8 Å². The highest BCUT2D eigenvalue weighted by Gasteiger charge is 2.12. The molecule has 0 atom stereocenters. The summed E-state index contributed by atoms with van der Waals surface area (Å²) in [5, 5.41) is 13.6. The number of aliphatic hydroxyl groups excluding tert-OH is 1. The Balaban J connectivity index is 1.50. The van der Waals surface area contributed by atoms with Crippen molar-refractivity contribution in [2.75, 3.05) is 13.1 Å². The minimum absolute atomic E-state index is 0.436. The van der Waals surface area contributed by atoms with Gasteiger partial charge in [-0.25, -0.2) is 0 Å². The van der Waals surface area contributed by atoms with Crippen molar-refractivity contribution in [3.63, 3.8) is 0 Å². The predicted octanol–water partition coefficient (Wildman–Crippen LogP) is 3.01. The van der Waals surface area contributed by atoms with Gasteiger partial charge in [-0.15, -0.1) is 0 Å². The van der Waals surface area contributed by atoms with Crippen molar-refractivity contribution in [1.29, 1.82) is 0 Å². The molecule has 2 N–H and O–H groups in total. The van der Waals surface area contributed by atoms with Gasteiger partial charge in [-0.1, -0.05) is 30.3 Å². The number of aromatic nitrogens is 1. The maximum atomic E-state index is 10.3. The van der Waals surface area contributed by atoms with Crippen molar-refractivity contribution in [2.24, 2.45) is 0 Å². The molecule has 0 aliphatic carbocycles. The van der Waals surface area contributed by atoms with E-state index in [-0.39, 0.29) is 0 Å². The number of aliphatic hydroxyl groups is 1. The van der Waals surface area contributed by atoms with Crippen molar-refractivity contribution in [3.05, 3.63) is 89.6 Å². The number of hydrogen-bond acceptors (Lipinski definition) is 4. The van der Waals surface area contributed by atoms with E-state index in [9.17, 15) is 5.11 Å². The summed E-state index contributed by atoms with van der Waals surface area (Å²) in [4.78, 5) is 6.11. The molecule has 0 saturated heterocycles. The van der Waals surface area contributed by atoms with Crippen LogP contribution in [0.1, 0.15) is 11.1 Å². The standard InChI is InChI=1S/C19H21N3O/c23-19-15-22(14-17-4-2-1-3-5-17)11-8-18(19)13-21-12-16-6-9-20-10-7-16/h1-11,21,23H,12-15H2. The van der Waals surface area contributed by atoms with Crippen molar-refractivity contribution in [3.8, 4) is 0 Å². The topological polar surface area (TPSA) is 48.4 Å². The SMILES string of the molecule is OC1=C(CNCc2ccncc2)C=CN(Cc2ccccc2)C1. The van der Waals surface area contributed by atoms with E-state index >= 15 is 0 Å². The average molecular weight is 307 g/mol. The molecule has 0 radical (unpaired) electrons. The summed E-state index contributed by atoms with van der Waals surface area (Å²) in [6.45, 7) is 2.78. The zero-order valence-corrected chi connectivity index (χ0v) is 13.0. The molecular weight excluding hydrogens is 286 g/mol. The second kappa shape index (κ2) is 7.61. The predicted molar refractivity (Wildman–Crippen MR) is 91.6 cm³/mol. The second-order valence-electron chi connectivity index (χ2n) is 5.64. The third-order valence-electron chi connectivity index (χ3n) is 3.83. The minimum atomic E-state index is 0.436. The highest BCUT2D eigenvalue weighted by molar-refractivity contribution is 5.28. The van der Waals surface area contributed by atoms with E-state index < -0.39 is 0 Å². The lowest BCUT2D eigenvalue weighted by molar-refractivity contribution is 0.296. The van der Waals surface area contributed by atoms with Crippen LogP contribution in [-0.2, 0) is 13.1 Å². The molecule has 0 amide bonds. The average Bonchev–Trinajstić information content (AvgIpc) is 2.59. The first-order chi connectivity index (χ1) is 11.3. The first-order valence-electron chi connectivity index (χ1n) is 7.78. The lowest BCUT2D eigenvalue weighted by atomic mass is 10.1. The molecule has 0 unspecified atom stereocenters. The van der Waals surface area contributed by atoms with Gasteiger partial charge in [0.2, 0.25) is 0 Å². The van der Waals surface area contributed by atoms with Crippen LogP contribution in [0, 0.1) is 0 Å². The summed E-state index contributed by atoms with van der Waals surface area (Å²) in [6, 6.07) is 14.2. The fraction of sp³-hybridized carbons (Fsp3) is 0.211. The Kier molecular flexibility index (Phi) is 5.06. The monoisotopic (exact) mass is 307 g/mol. The van der Waals surface area contributed by atoms with Crippen LogP contribution in [0.4, 0.5) is 0 Å². The quantitative estimate of drug-likeness (QED) is 0.861. The number of pyridine rings is 1. The Labute approximate surface area is 136 Å². The number of rotatable bonds is 6. The Hall–Kier alpha value is -2.59. The molecule has 1 aromatic heterocycles. The normalized spacial score (nSPS) is 14.3. The molecule has 1 aromatic carbocycles. The van der Waals surface area contributed by atoms with Crippen molar-refractivity contribution in [2.45, 2.75) is 13.1 Å². The molecule has 1 aliphatic rings. The molecular formula is C19H21N3O. The smallest absolute Gasteiger partial charge is 0.116 e. The molecule has 0 fully saturated rings. The van der Waals surface area contributed by atoms with Crippen LogP contribution in [0.25, 0.3) is 0 Å². The summed E-state index contributed by atoms with van der Waals surface area (Å²) in [5.41, 5.74) is 3.37. The van der Waals surface area contributed by atoms with Crippen LogP contribution in [0.15, 0.2) is 78.5 Å². The lowest BCUT2D eigenvalue weighted by Crippen LogP contribution is -2.26. The third-order valence-corrected chi connectivity index (χ3v) is 3.83. The number of nitrogens with zero attached hydrogens (tertiary/aromatic N) is 2. The summed E-state index contributed by atoms with van der Waals surface area (Å²) < 4.78 is 0. The van der Waals surface area contributed by atoms with Gasteiger partial charge in [0.25, 0.3) is 0 Å². The van der Waals surface area contributed by atoms with Gasteiger partial charge in [0, 0.05) is 43.8 Å². The second-order valence-corrected chi connectivity index (χ2v) is 5.64. The minimum Gasteiger partial charge on any atom is -0.510 e. The first kappa shape index (κ1) is 15.3. The van der Waals surface area contributed by atoms with E-state index in [2.05, 4.69) is 33.5 Å². The van der Waals surface area contributed by atoms with Gasteiger partial charge in [0.15, 0.2) is 0 Å². The van der Waals surface area contributed by atoms with Gasteiger partial charge in [-0.3, -0.25) is 4.98 Å². The molecule has 118 valence electrons. The molecule has 1 aliphatic heterocycles. The van der Waals surface area contributed by atoms with Gasteiger partial charge in [-0.2, -0.15) is 0 Å². The largest absolute Gasteiger partial charge is 0.510 e. The van der Waals surface area contributed by atoms with E-state index in [1.807, 2.05) is 36.4 Å². The number of hydrogen-bond donors (Lipinski definition) is 2. The molecule has 2 aromatic rings. The highest BCUT2D eigenvalue weighted by Crippen LogP contribution is 2.15. The summed E-state index contributed by atoms with van der Waals surface area (Å²) in [6.07, 6.45) is 7.61. The van der Waals surface area contributed by atoms with Gasteiger partial charge in [0.1, 0.15) is 5.76 Å². The fourth-order valence-corrected chi connectivity index (χ4v) is 2.57. The van der Waals surface area contributed by atoms with E-state index in [1.165, 1.54) is 11.1 Å². The Morgan fingerprint density at radius 2 is 1.78 bits per heavy atom. The van der Waals surface area contributed by atoms with Crippen LogP contribution in [0.5, 0.6) is 0 Å². The molecule has 0 spiro atoms. The number of benzene rings is 1. The summed E-state index contributed by atoms with van der Waals surface area (Å²) in [7, 11) is 0. The first-order valence-corrected chi connectivity index (χ1v) is 7.78. The highest BCUT2D eigenvalue weighted by atomic mass is 16.3. The molecule has 3 rings (SSSR count). The van der Waals surface area contributed by atoms with Gasteiger partial charge >= 0.3 is 0 Å². The van der Waals surface area contributed by atoms with Crippen molar-refractivity contribution >= 4 is 0 Å². The number of nitrogens with one attached hydrogen (secondary N) is 1. The van der Waals surface area contributed by atoms with Crippen LogP contribution in [0.3, 0.4) is 0 Å². The van der Waals surface area contributed by atoms with E-state index in [1.54, 1.807) is 12.4 Å². The lowest BCUT2D eigenvalue weighted by Gasteiger charge is -2.25. The molecule has 2 heterocycles. The van der Waals surface area contributed by atoms with Gasteiger partial charge < -0.3 is 15.3 Å². The molecule has 0 bridgehead atoms. The van der Waals surface area contributed by atoms with Gasteiger partial charge in [-0.05, 0) is 29.3 Å². The van der Waals surface area contributed by atoms with Crippen molar-refractivity contribution < 1.29 is 5.11 Å². The van der Waals surface area contributed by atoms with Gasteiger partial charge in [0.05, 0.1) is 6.54 Å². The Bertz CT molecular complexity index is 680. The maximum absolute atomic E-state index is 10.3. The van der Waals surface area contributed by atoms with Crippen LogP contribution >= 0.6 is 0 Å². The van der Waals surface area contributed by atoms with Crippen molar-refractivity contribution in [1.82, 2.24) is 15.2 Å². The summed E-state index contributed by atoms with van der Waals surface area (Å²) >= 11 is 0. The maximum Gasteiger partial charge on any atom is 0.116 e. The van der Waals surface area contributed by atoms with Crippen LogP contribution in [-0.4, -0.2) is 28.1 Å². The summed E-state index contributed by atoms with van der Waals surface area (Å²) in [5.74, 6) is 0.436. The molecule has 4 heteroatoms. The van der Waals surface area contributed by atoms with Crippen LogP contribution < -0.4 is 5.32 Å².